The average Bonchev–Trinajstić information content (AvgIpc) is 2.91. The Morgan fingerprint density at radius 2 is 1.49 bits per heavy atom. The highest BCUT2D eigenvalue weighted by molar-refractivity contribution is 7.92. The van der Waals surface area contributed by atoms with Crippen molar-refractivity contribution in [1.82, 2.24) is 10.2 Å². The molecule has 0 aliphatic heterocycles. The fraction of sp³-hybridized carbons (Fsp3) is 0.355. The minimum atomic E-state index is -4.08. The average molecular weight is 550 g/mol. The number of aryl methyl sites for hydroxylation is 3. The number of hydrogen-bond acceptors (Lipinski definition) is 4. The molecule has 0 aliphatic rings. The van der Waals surface area contributed by atoms with Crippen LogP contribution < -0.4 is 9.62 Å². The molecular weight excluding hydrogens is 510 g/mol. The van der Waals surface area contributed by atoms with Gasteiger partial charge < -0.3 is 10.2 Å². The molecule has 3 aromatic carbocycles. The van der Waals surface area contributed by atoms with Gasteiger partial charge in [-0.15, -0.1) is 0 Å². The minimum absolute atomic E-state index is 0.0972. The molecule has 2 amide bonds. The van der Waals surface area contributed by atoms with E-state index in [1.807, 2.05) is 64.1 Å². The van der Waals surface area contributed by atoms with Crippen LogP contribution in [0.1, 0.15) is 48.9 Å². The lowest BCUT2D eigenvalue weighted by molar-refractivity contribution is -0.139. The van der Waals surface area contributed by atoms with Crippen LogP contribution in [0.25, 0.3) is 0 Å². The van der Waals surface area contributed by atoms with Crippen molar-refractivity contribution in [3.63, 3.8) is 0 Å². The van der Waals surface area contributed by atoms with Gasteiger partial charge in [-0.05, 0) is 69.0 Å². The van der Waals surface area contributed by atoms with Crippen LogP contribution in [0.4, 0.5) is 5.69 Å². The Morgan fingerprint density at radius 3 is 2.10 bits per heavy atom. The standard InChI is InChI=1S/C31H39N3O4S/c1-6-7-20-32-31(36)26(5)33(21-27-14-10-8-12-24(27)3)30(35)22-34(29-15-11-9-13-25(29)4)39(37,38)28-18-16-23(2)17-19-28/h8-19,26H,6-7,20-22H2,1-5H3,(H,32,36). The Kier molecular flexibility index (Phi) is 10.3. The fourth-order valence-corrected chi connectivity index (χ4v) is 5.76. The third kappa shape index (κ3) is 7.47. The molecule has 0 aromatic heterocycles. The summed E-state index contributed by atoms with van der Waals surface area (Å²) in [5.41, 5.74) is 3.94. The Labute approximate surface area is 232 Å². The van der Waals surface area contributed by atoms with Gasteiger partial charge in [0.05, 0.1) is 10.6 Å². The molecule has 0 fully saturated rings. The van der Waals surface area contributed by atoms with Crippen molar-refractivity contribution in [3.05, 3.63) is 95.1 Å². The number of amides is 2. The smallest absolute Gasteiger partial charge is 0.264 e. The van der Waals surface area contributed by atoms with Gasteiger partial charge >= 0.3 is 0 Å². The number of anilines is 1. The van der Waals surface area contributed by atoms with E-state index < -0.39 is 28.5 Å². The highest BCUT2D eigenvalue weighted by Crippen LogP contribution is 2.27. The largest absolute Gasteiger partial charge is 0.354 e. The highest BCUT2D eigenvalue weighted by atomic mass is 32.2. The van der Waals surface area contributed by atoms with Gasteiger partial charge in [0.15, 0.2) is 0 Å². The lowest BCUT2D eigenvalue weighted by atomic mass is 10.1. The van der Waals surface area contributed by atoms with Crippen molar-refractivity contribution >= 4 is 27.5 Å². The fourth-order valence-electron chi connectivity index (χ4n) is 4.28. The molecule has 1 atom stereocenters. The van der Waals surface area contributed by atoms with Gasteiger partial charge in [-0.2, -0.15) is 0 Å². The quantitative estimate of drug-likeness (QED) is 0.317. The molecular formula is C31H39N3O4S. The molecule has 1 unspecified atom stereocenters. The molecule has 0 heterocycles. The first-order valence-electron chi connectivity index (χ1n) is 13.3. The SMILES string of the molecule is CCCCNC(=O)C(C)N(Cc1ccccc1C)C(=O)CN(c1ccccc1C)S(=O)(=O)c1ccc(C)cc1. The van der Waals surface area contributed by atoms with E-state index in [2.05, 4.69) is 5.32 Å². The number of nitrogens with one attached hydrogen (secondary N) is 1. The van der Waals surface area contributed by atoms with Crippen LogP contribution in [0, 0.1) is 20.8 Å². The Morgan fingerprint density at radius 1 is 0.872 bits per heavy atom. The zero-order valence-electron chi connectivity index (χ0n) is 23.5. The predicted molar refractivity (Wildman–Crippen MR) is 156 cm³/mol. The molecule has 3 aromatic rings. The lowest BCUT2D eigenvalue weighted by Crippen LogP contribution is -2.51. The van der Waals surface area contributed by atoms with Crippen LogP contribution >= 0.6 is 0 Å². The molecule has 208 valence electrons. The lowest BCUT2D eigenvalue weighted by Gasteiger charge is -2.32. The van der Waals surface area contributed by atoms with Gasteiger partial charge in [-0.3, -0.25) is 13.9 Å². The van der Waals surface area contributed by atoms with Gasteiger partial charge in [0.2, 0.25) is 11.8 Å². The number of sulfonamides is 1. The first kappa shape index (κ1) is 29.9. The van der Waals surface area contributed by atoms with Crippen molar-refractivity contribution < 1.29 is 18.0 Å². The second-order valence-corrected chi connectivity index (χ2v) is 11.7. The molecule has 0 bridgehead atoms. The van der Waals surface area contributed by atoms with Crippen LogP contribution in [0.2, 0.25) is 0 Å². The van der Waals surface area contributed by atoms with Crippen molar-refractivity contribution in [2.24, 2.45) is 0 Å². The Bertz CT molecular complexity index is 1390. The summed E-state index contributed by atoms with van der Waals surface area (Å²) in [6.07, 6.45) is 1.77. The van der Waals surface area contributed by atoms with Crippen LogP contribution in [0.3, 0.4) is 0 Å². The van der Waals surface area contributed by atoms with Crippen LogP contribution in [0.15, 0.2) is 77.7 Å². The molecule has 8 heteroatoms. The number of carbonyl (C=O) groups is 2. The van der Waals surface area contributed by atoms with Gasteiger partial charge in [0.25, 0.3) is 10.0 Å². The second kappa shape index (κ2) is 13.4. The van der Waals surface area contributed by atoms with E-state index in [4.69, 9.17) is 0 Å². The maximum absolute atomic E-state index is 14.0. The third-order valence-corrected chi connectivity index (χ3v) is 8.64. The molecule has 0 saturated carbocycles. The molecule has 39 heavy (non-hydrogen) atoms. The van der Waals surface area contributed by atoms with Gasteiger partial charge in [-0.1, -0.05) is 73.5 Å². The maximum Gasteiger partial charge on any atom is 0.264 e. The summed E-state index contributed by atoms with van der Waals surface area (Å²) in [5, 5.41) is 2.91. The Hall–Kier alpha value is -3.65. The van der Waals surface area contributed by atoms with E-state index in [0.717, 1.165) is 39.4 Å². The molecule has 0 radical (unpaired) electrons. The van der Waals surface area contributed by atoms with E-state index in [1.54, 1.807) is 43.3 Å². The summed E-state index contributed by atoms with van der Waals surface area (Å²) < 4.78 is 29.0. The third-order valence-electron chi connectivity index (χ3n) is 6.87. The van der Waals surface area contributed by atoms with Crippen molar-refractivity contribution in [2.75, 3.05) is 17.4 Å². The number of rotatable bonds is 12. The molecule has 0 saturated heterocycles. The second-order valence-electron chi connectivity index (χ2n) is 9.88. The molecule has 0 spiro atoms. The van der Waals surface area contributed by atoms with E-state index in [9.17, 15) is 18.0 Å². The van der Waals surface area contributed by atoms with Crippen LogP contribution in [-0.2, 0) is 26.2 Å². The molecule has 0 aliphatic carbocycles. The maximum atomic E-state index is 14.0. The number of unbranched alkanes of at least 4 members (excludes halogenated alkanes) is 1. The molecule has 1 N–H and O–H groups in total. The van der Waals surface area contributed by atoms with E-state index >= 15 is 0 Å². The summed E-state index contributed by atoms with van der Waals surface area (Å²) in [7, 11) is -4.08. The molecule has 3 rings (SSSR count). The van der Waals surface area contributed by atoms with Gasteiger partial charge in [-0.25, -0.2) is 8.42 Å². The summed E-state index contributed by atoms with van der Waals surface area (Å²) in [4.78, 5) is 28.6. The zero-order chi connectivity index (χ0) is 28.6. The minimum Gasteiger partial charge on any atom is -0.354 e. The summed E-state index contributed by atoms with van der Waals surface area (Å²) in [5.74, 6) is -0.732. The number of nitrogens with zero attached hydrogens (tertiary/aromatic N) is 2. The first-order chi connectivity index (χ1) is 18.6. The summed E-state index contributed by atoms with van der Waals surface area (Å²) in [6, 6.07) is 20.5. The summed E-state index contributed by atoms with van der Waals surface area (Å²) >= 11 is 0. The Balaban J connectivity index is 2.02. The predicted octanol–water partition coefficient (Wildman–Crippen LogP) is 5.14. The normalized spacial score (nSPS) is 12.0. The monoisotopic (exact) mass is 549 g/mol. The summed E-state index contributed by atoms with van der Waals surface area (Å²) in [6.45, 7) is 9.62. The van der Waals surface area contributed by atoms with Crippen molar-refractivity contribution in [1.29, 1.82) is 0 Å². The first-order valence-corrected chi connectivity index (χ1v) is 14.8. The van der Waals surface area contributed by atoms with Crippen molar-refractivity contribution in [2.45, 2.75) is 64.9 Å². The molecule has 7 nitrogen and oxygen atoms in total. The van der Waals surface area contributed by atoms with Gasteiger partial charge in [0.1, 0.15) is 12.6 Å². The van der Waals surface area contributed by atoms with Gasteiger partial charge in [0, 0.05) is 13.1 Å². The number of carbonyl (C=O) groups excluding carboxylic acids is 2. The van der Waals surface area contributed by atoms with E-state index in [0.29, 0.717) is 12.2 Å². The van der Waals surface area contributed by atoms with E-state index in [-0.39, 0.29) is 17.3 Å². The van der Waals surface area contributed by atoms with Crippen LogP contribution in [0.5, 0.6) is 0 Å². The number of hydrogen-bond donors (Lipinski definition) is 1. The zero-order valence-corrected chi connectivity index (χ0v) is 24.3. The highest BCUT2D eigenvalue weighted by Gasteiger charge is 2.33. The van der Waals surface area contributed by atoms with Crippen LogP contribution in [-0.4, -0.2) is 44.3 Å². The number of para-hydroxylation sites is 1. The number of benzene rings is 3. The van der Waals surface area contributed by atoms with Crippen molar-refractivity contribution in [3.8, 4) is 0 Å². The van der Waals surface area contributed by atoms with E-state index in [1.165, 1.54) is 4.90 Å². The topological polar surface area (TPSA) is 86.8 Å².